The fraction of sp³-hybridized carbons (Fsp3) is 0.368. The quantitative estimate of drug-likeness (QED) is 0.843. The molecule has 0 amide bonds. The fourth-order valence-corrected chi connectivity index (χ4v) is 2.60. The zero-order valence-corrected chi connectivity index (χ0v) is 13.6. The van der Waals surface area contributed by atoms with E-state index in [4.69, 9.17) is 15.2 Å². The molecule has 0 spiro atoms. The van der Waals surface area contributed by atoms with Gasteiger partial charge in [-0.05, 0) is 41.7 Å². The number of aryl methyl sites for hydroxylation is 1. The molecule has 0 heterocycles. The summed E-state index contributed by atoms with van der Waals surface area (Å²) in [5.74, 6) is 1.48. The lowest BCUT2D eigenvalue weighted by molar-refractivity contribution is 0.354. The first-order valence-corrected chi connectivity index (χ1v) is 7.73. The maximum Gasteiger partial charge on any atom is 0.160 e. The van der Waals surface area contributed by atoms with Gasteiger partial charge in [0.25, 0.3) is 0 Å². The van der Waals surface area contributed by atoms with Gasteiger partial charge in [-0.2, -0.15) is 0 Å². The highest BCUT2D eigenvalue weighted by atomic mass is 16.5. The van der Waals surface area contributed by atoms with Crippen LogP contribution in [0.1, 0.15) is 36.1 Å². The highest BCUT2D eigenvalue weighted by Crippen LogP contribution is 2.29. The molecule has 2 N–H and O–H groups in total. The van der Waals surface area contributed by atoms with Crippen LogP contribution in [-0.4, -0.2) is 14.2 Å². The Morgan fingerprint density at radius 3 is 2.14 bits per heavy atom. The zero-order chi connectivity index (χ0) is 15.9. The molecule has 0 aromatic heterocycles. The van der Waals surface area contributed by atoms with E-state index in [9.17, 15) is 0 Å². The van der Waals surface area contributed by atoms with Gasteiger partial charge in [0.2, 0.25) is 0 Å². The number of hydrogen-bond donors (Lipinski definition) is 1. The fourth-order valence-electron chi connectivity index (χ4n) is 2.60. The van der Waals surface area contributed by atoms with E-state index < -0.39 is 0 Å². The summed E-state index contributed by atoms with van der Waals surface area (Å²) in [4.78, 5) is 0. The van der Waals surface area contributed by atoms with Gasteiger partial charge in [0, 0.05) is 6.04 Å². The molecule has 2 rings (SSSR count). The molecule has 0 aliphatic rings. The first-order valence-electron chi connectivity index (χ1n) is 7.73. The summed E-state index contributed by atoms with van der Waals surface area (Å²) in [5.41, 5.74) is 10.0. The lowest BCUT2D eigenvalue weighted by atomic mass is 9.98. The molecule has 2 aromatic rings. The Bertz CT molecular complexity index is 593. The Morgan fingerprint density at radius 2 is 1.55 bits per heavy atom. The zero-order valence-electron chi connectivity index (χ0n) is 13.6. The second kappa shape index (κ2) is 7.85. The van der Waals surface area contributed by atoms with Crippen LogP contribution in [0.2, 0.25) is 0 Å². The van der Waals surface area contributed by atoms with E-state index in [-0.39, 0.29) is 6.04 Å². The van der Waals surface area contributed by atoms with Crippen molar-refractivity contribution in [3.8, 4) is 11.5 Å². The molecular formula is C19H25NO2. The molecule has 0 fully saturated rings. The molecule has 3 nitrogen and oxygen atoms in total. The smallest absolute Gasteiger partial charge is 0.160 e. The Labute approximate surface area is 133 Å². The van der Waals surface area contributed by atoms with Gasteiger partial charge in [0.15, 0.2) is 11.5 Å². The standard InChI is InChI=1S/C19H25NO2/c1-4-5-14-6-9-16(10-7-14)17(20)12-15-8-11-18(21-2)19(13-15)22-3/h6-11,13,17H,4-5,12,20H2,1-3H3. The van der Waals surface area contributed by atoms with Crippen molar-refractivity contribution in [2.45, 2.75) is 32.2 Å². The predicted molar refractivity (Wildman–Crippen MR) is 90.6 cm³/mol. The number of rotatable bonds is 7. The Balaban J connectivity index is 2.09. The lowest BCUT2D eigenvalue weighted by Gasteiger charge is -2.15. The van der Waals surface area contributed by atoms with Gasteiger partial charge in [-0.1, -0.05) is 43.7 Å². The van der Waals surface area contributed by atoms with Crippen LogP contribution in [0.25, 0.3) is 0 Å². The summed E-state index contributed by atoms with van der Waals surface area (Å²) in [7, 11) is 3.29. The average molecular weight is 299 g/mol. The highest BCUT2D eigenvalue weighted by Gasteiger charge is 2.10. The van der Waals surface area contributed by atoms with Crippen LogP contribution in [0.5, 0.6) is 11.5 Å². The van der Waals surface area contributed by atoms with E-state index in [0.717, 1.165) is 41.9 Å². The maximum absolute atomic E-state index is 6.34. The van der Waals surface area contributed by atoms with E-state index in [2.05, 4.69) is 31.2 Å². The summed E-state index contributed by atoms with van der Waals surface area (Å²) >= 11 is 0. The van der Waals surface area contributed by atoms with Crippen molar-refractivity contribution in [1.29, 1.82) is 0 Å². The summed E-state index contributed by atoms with van der Waals surface area (Å²) < 4.78 is 10.6. The van der Waals surface area contributed by atoms with Crippen LogP contribution in [0, 0.1) is 0 Å². The molecule has 0 bridgehead atoms. The van der Waals surface area contributed by atoms with Gasteiger partial charge in [0.1, 0.15) is 0 Å². The minimum Gasteiger partial charge on any atom is -0.493 e. The second-order valence-corrected chi connectivity index (χ2v) is 5.49. The second-order valence-electron chi connectivity index (χ2n) is 5.49. The molecule has 0 saturated heterocycles. The molecule has 118 valence electrons. The van der Waals surface area contributed by atoms with Gasteiger partial charge in [-0.15, -0.1) is 0 Å². The molecule has 1 atom stereocenters. The first-order chi connectivity index (χ1) is 10.7. The minimum absolute atomic E-state index is 0.0197. The third kappa shape index (κ3) is 4.01. The van der Waals surface area contributed by atoms with Crippen molar-refractivity contribution in [3.05, 3.63) is 59.2 Å². The van der Waals surface area contributed by atoms with Crippen molar-refractivity contribution < 1.29 is 9.47 Å². The number of methoxy groups -OCH3 is 2. The van der Waals surface area contributed by atoms with Crippen LogP contribution in [0.15, 0.2) is 42.5 Å². The molecule has 0 aliphatic carbocycles. The van der Waals surface area contributed by atoms with Crippen LogP contribution in [-0.2, 0) is 12.8 Å². The molecule has 2 aromatic carbocycles. The van der Waals surface area contributed by atoms with Crippen LogP contribution in [0.4, 0.5) is 0 Å². The van der Waals surface area contributed by atoms with Crippen molar-refractivity contribution in [3.63, 3.8) is 0 Å². The van der Waals surface area contributed by atoms with E-state index in [0.29, 0.717) is 0 Å². The monoisotopic (exact) mass is 299 g/mol. The van der Waals surface area contributed by atoms with Crippen LogP contribution in [0.3, 0.4) is 0 Å². The van der Waals surface area contributed by atoms with E-state index in [1.54, 1.807) is 14.2 Å². The van der Waals surface area contributed by atoms with Gasteiger partial charge in [-0.3, -0.25) is 0 Å². The van der Waals surface area contributed by atoms with E-state index in [1.807, 2.05) is 18.2 Å². The van der Waals surface area contributed by atoms with Crippen molar-refractivity contribution in [1.82, 2.24) is 0 Å². The normalized spacial score (nSPS) is 12.0. The Hall–Kier alpha value is -2.00. The summed E-state index contributed by atoms with van der Waals surface area (Å²) in [6.45, 7) is 2.19. The van der Waals surface area contributed by atoms with Crippen LogP contribution >= 0.6 is 0 Å². The molecule has 0 radical (unpaired) electrons. The Morgan fingerprint density at radius 1 is 0.909 bits per heavy atom. The molecular weight excluding hydrogens is 274 g/mol. The first kappa shape index (κ1) is 16.4. The van der Waals surface area contributed by atoms with Crippen LogP contribution < -0.4 is 15.2 Å². The predicted octanol–water partition coefficient (Wildman–Crippen LogP) is 3.90. The van der Waals surface area contributed by atoms with Gasteiger partial charge in [-0.25, -0.2) is 0 Å². The SMILES string of the molecule is CCCc1ccc(C(N)Cc2ccc(OC)c(OC)c2)cc1. The summed E-state index contributed by atoms with van der Waals surface area (Å²) in [5, 5.41) is 0. The number of hydrogen-bond acceptors (Lipinski definition) is 3. The number of ether oxygens (including phenoxy) is 2. The maximum atomic E-state index is 6.34. The summed E-state index contributed by atoms with van der Waals surface area (Å²) in [6.07, 6.45) is 3.05. The van der Waals surface area contributed by atoms with Gasteiger partial charge < -0.3 is 15.2 Å². The van der Waals surface area contributed by atoms with Crippen molar-refractivity contribution in [2.24, 2.45) is 5.73 Å². The average Bonchev–Trinajstić information content (AvgIpc) is 2.55. The lowest BCUT2D eigenvalue weighted by Crippen LogP contribution is -2.13. The Kier molecular flexibility index (Phi) is 5.84. The molecule has 0 saturated carbocycles. The topological polar surface area (TPSA) is 44.5 Å². The van der Waals surface area contributed by atoms with E-state index in [1.165, 1.54) is 5.56 Å². The molecule has 22 heavy (non-hydrogen) atoms. The molecule has 0 aliphatic heterocycles. The molecule has 1 unspecified atom stereocenters. The molecule has 3 heteroatoms. The third-order valence-corrected chi connectivity index (χ3v) is 3.85. The van der Waals surface area contributed by atoms with E-state index >= 15 is 0 Å². The largest absolute Gasteiger partial charge is 0.493 e. The van der Waals surface area contributed by atoms with Gasteiger partial charge >= 0.3 is 0 Å². The minimum atomic E-state index is -0.0197. The van der Waals surface area contributed by atoms with Gasteiger partial charge in [0.05, 0.1) is 14.2 Å². The van der Waals surface area contributed by atoms with Crippen molar-refractivity contribution in [2.75, 3.05) is 14.2 Å². The number of benzene rings is 2. The van der Waals surface area contributed by atoms with Crippen molar-refractivity contribution >= 4 is 0 Å². The highest BCUT2D eigenvalue weighted by molar-refractivity contribution is 5.43. The summed E-state index contributed by atoms with van der Waals surface area (Å²) in [6, 6.07) is 14.5. The number of nitrogens with two attached hydrogens (primary N) is 1. The third-order valence-electron chi connectivity index (χ3n) is 3.85.